The van der Waals surface area contributed by atoms with Gasteiger partial charge in [0.2, 0.25) is 10.0 Å². The molecule has 1 saturated carbocycles. The zero-order chi connectivity index (χ0) is 15.0. The number of nitrogens with two attached hydrogens (primary N) is 1. The first-order chi connectivity index (χ1) is 9.23. The van der Waals surface area contributed by atoms with E-state index >= 15 is 0 Å². The fourth-order valence-electron chi connectivity index (χ4n) is 2.73. The summed E-state index contributed by atoms with van der Waals surface area (Å²) in [6.07, 6.45) is 5.55. The number of nitrogens with zero attached hydrogens (tertiary/aromatic N) is 1. The molecule has 0 unspecified atom stereocenters. The predicted octanol–water partition coefficient (Wildman–Crippen LogP) is 1.73. The summed E-state index contributed by atoms with van der Waals surface area (Å²) in [5.74, 6) is 0. The third-order valence-corrected chi connectivity index (χ3v) is 5.75. The standard InChI is InChI=1S/C14H25N3O2S/c1-14(2)6-4-11(5-7-14)16-20(18,19)13-8-12(9-15)17(3)10-13/h8,10-11,16H,4-7,9,15H2,1-3H3. The molecule has 1 fully saturated rings. The summed E-state index contributed by atoms with van der Waals surface area (Å²) in [5.41, 5.74) is 6.73. The minimum atomic E-state index is -3.44. The van der Waals surface area contributed by atoms with E-state index in [0.29, 0.717) is 16.9 Å². The highest BCUT2D eigenvalue weighted by atomic mass is 32.2. The molecule has 2 rings (SSSR count). The van der Waals surface area contributed by atoms with Gasteiger partial charge in [-0.25, -0.2) is 13.1 Å². The summed E-state index contributed by atoms with van der Waals surface area (Å²) < 4.78 is 29.4. The van der Waals surface area contributed by atoms with Crippen molar-refractivity contribution >= 4 is 10.0 Å². The van der Waals surface area contributed by atoms with Gasteiger partial charge >= 0.3 is 0 Å². The van der Waals surface area contributed by atoms with Crippen molar-refractivity contribution in [2.45, 2.75) is 57.0 Å². The minimum absolute atomic E-state index is 0.0505. The second-order valence-corrected chi connectivity index (χ2v) is 8.26. The van der Waals surface area contributed by atoms with Crippen LogP contribution in [0.25, 0.3) is 0 Å². The van der Waals surface area contributed by atoms with Crippen LogP contribution in [0.3, 0.4) is 0 Å². The second-order valence-electron chi connectivity index (χ2n) is 6.54. The highest BCUT2D eigenvalue weighted by Gasteiger charge is 2.30. The van der Waals surface area contributed by atoms with Gasteiger partial charge in [0, 0.05) is 31.5 Å². The molecule has 6 heteroatoms. The molecule has 0 bridgehead atoms. The fourth-order valence-corrected chi connectivity index (χ4v) is 4.13. The van der Waals surface area contributed by atoms with Crippen molar-refractivity contribution < 1.29 is 8.42 Å². The molecular weight excluding hydrogens is 274 g/mol. The highest BCUT2D eigenvalue weighted by molar-refractivity contribution is 7.89. The molecule has 114 valence electrons. The Labute approximate surface area is 121 Å². The maximum atomic E-state index is 12.4. The van der Waals surface area contributed by atoms with E-state index < -0.39 is 10.0 Å². The molecule has 0 aromatic carbocycles. The lowest BCUT2D eigenvalue weighted by atomic mass is 9.76. The van der Waals surface area contributed by atoms with Crippen LogP contribution in [0.15, 0.2) is 17.2 Å². The Kier molecular flexibility index (Phi) is 4.27. The van der Waals surface area contributed by atoms with Crippen LogP contribution in [-0.2, 0) is 23.6 Å². The number of rotatable bonds is 4. The molecule has 0 aliphatic heterocycles. The first kappa shape index (κ1) is 15.5. The first-order valence-corrected chi connectivity index (χ1v) is 8.59. The van der Waals surface area contributed by atoms with Gasteiger partial charge in [-0.2, -0.15) is 0 Å². The second kappa shape index (κ2) is 5.50. The van der Waals surface area contributed by atoms with Crippen LogP contribution in [0.5, 0.6) is 0 Å². The first-order valence-electron chi connectivity index (χ1n) is 7.11. The van der Waals surface area contributed by atoms with Gasteiger partial charge in [0.15, 0.2) is 0 Å². The van der Waals surface area contributed by atoms with Crippen molar-refractivity contribution in [2.24, 2.45) is 18.2 Å². The molecule has 1 aromatic heterocycles. The lowest BCUT2D eigenvalue weighted by Crippen LogP contribution is -2.39. The molecule has 0 atom stereocenters. The Morgan fingerprint density at radius 3 is 2.50 bits per heavy atom. The number of sulfonamides is 1. The molecule has 1 aliphatic carbocycles. The van der Waals surface area contributed by atoms with Gasteiger partial charge in [0.25, 0.3) is 0 Å². The number of nitrogens with one attached hydrogen (secondary N) is 1. The van der Waals surface area contributed by atoms with Gasteiger partial charge in [-0.1, -0.05) is 13.8 Å². The maximum Gasteiger partial charge on any atom is 0.242 e. The number of aryl methyl sites for hydroxylation is 1. The van der Waals surface area contributed by atoms with E-state index in [1.165, 1.54) is 0 Å². The minimum Gasteiger partial charge on any atom is -0.352 e. The van der Waals surface area contributed by atoms with Crippen LogP contribution in [0.2, 0.25) is 0 Å². The Balaban J connectivity index is 2.08. The molecule has 20 heavy (non-hydrogen) atoms. The average Bonchev–Trinajstić information content (AvgIpc) is 2.74. The highest BCUT2D eigenvalue weighted by Crippen LogP contribution is 2.35. The van der Waals surface area contributed by atoms with Gasteiger partial charge in [-0.15, -0.1) is 0 Å². The molecular formula is C14H25N3O2S. The van der Waals surface area contributed by atoms with E-state index in [1.807, 2.05) is 7.05 Å². The van der Waals surface area contributed by atoms with Crippen LogP contribution >= 0.6 is 0 Å². The van der Waals surface area contributed by atoms with Crippen LogP contribution in [-0.4, -0.2) is 19.0 Å². The number of hydrogen-bond acceptors (Lipinski definition) is 3. The summed E-state index contributed by atoms with van der Waals surface area (Å²) in [4.78, 5) is 0.310. The van der Waals surface area contributed by atoms with Gasteiger partial charge in [-0.3, -0.25) is 0 Å². The quantitative estimate of drug-likeness (QED) is 0.889. The summed E-state index contributed by atoms with van der Waals surface area (Å²) in [6, 6.07) is 1.70. The number of aromatic nitrogens is 1. The largest absolute Gasteiger partial charge is 0.352 e. The summed E-state index contributed by atoms with van der Waals surface area (Å²) in [7, 11) is -1.63. The van der Waals surface area contributed by atoms with E-state index in [0.717, 1.165) is 31.4 Å². The third kappa shape index (κ3) is 3.42. The van der Waals surface area contributed by atoms with Gasteiger partial charge in [0.05, 0.1) is 4.90 Å². The molecule has 0 radical (unpaired) electrons. The lowest BCUT2D eigenvalue weighted by molar-refractivity contribution is 0.218. The summed E-state index contributed by atoms with van der Waals surface area (Å²) >= 11 is 0. The van der Waals surface area contributed by atoms with E-state index in [2.05, 4.69) is 18.6 Å². The van der Waals surface area contributed by atoms with E-state index in [4.69, 9.17) is 5.73 Å². The summed E-state index contributed by atoms with van der Waals surface area (Å²) in [6.45, 7) is 4.81. The smallest absolute Gasteiger partial charge is 0.242 e. The monoisotopic (exact) mass is 299 g/mol. The zero-order valence-corrected chi connectivity index (χ0v) is 13.3. The maximum absolute atomic E-state index is 12.4. The predicted molar refractivity (Wildman–Crippen MR) is 79.7 cm³/mol. The number of hydrogen-bond donors (Lipinski definition) is 2. The van der Waals surface area contributed by atoms with Gasteiger partial charge in [-0.05, 0) is 37.2 Å². The fraction of sp³-hybridized carbons (Fsp3) is 0.714. The molecule has 0 spiro atoms. The SMILES string of the molecule is Cn1cc(S(=O)(=O)NC2CCC(C)(C)CC2)cc1CN. The Hall–Kier alpha value is -0.850. The Morgan fingerprint density at radius 1 is 1.40 bits per heavy atom. The van der Waals surface area contributed by atoms with Crippen molar-refractivity contribution in [3.63, 3.8) is 0 Å². The third-order valence-electron chi connectivity index (χ3n) is 4.26. The van der Waals surface area contributed by atoms with Gasteiger partial charge in [0.1, 0.15) is 0 Å². The van der Waals surface area contributed by atoms with Crippen molar-refractivity contribution in [3.05, 3.63) is 18.0 Å². The molecule has 1 aliphatic rings. The normalized spacial score (nSPS) is 20.2. The molecule has 1 heterocycles. The lowest BCUT2D eigenvalue weighted by Gasteiger charge is -2.34. The summed E-state index contributed by atoms with van der Waals surface area (Å²) in [5, 5.41) is 0. The van der Waals surface area contributed by atoms with Crippen molar-refractivity contribution in [3.8, 4) is 0 Å². The zero-order valence-electron chi connectivity index (χ0n) is 12.5. The molecule has 5 nitrogen and oxygen atoms in total. The van der Waals surface area contributed by atoms with Crippen molar-refractivity contribution in [2.75, 3.05) is 0 Å². The van der Waals surface area contributed by atoms with Crippen LogP contribution in [0.4, 0.5) is 0 Å². The van der Waals surface area contributed by atoms with E-state index in [1.54, 1.807) is 16.8 Å². The molecule has 3 N–H and O–H groups in total. The van der Waals surface area contributed by atoms with Crippen molar-refractivity contribution in [1.29, 1.82) is 0 Å². The molecule has 0 amide bonds. The van der Waals surface area contributed by atoms with E-state index in [-0.39, 0.29) is 6.04 Å². The van der Waals surface area contributed by atoms with E-state index in [9.17, 15) is 8.42 Å². The Morgan fingerprint density at radius 2 is 2.00 bits per heavy atom. The van der Waals surface area contributed by atoms with Crippen LogP contribution < -0.4 is 10.5 Å². The Bertz CT molecular complexity index is 565. The average molecular weight is 299 g/mol. The van der Waals surface area contributed by atoms with Crippen molar-refractivity contribution in [1.82, 2.24) is 9.29 Å². The molecule has 1 aromatic rings. The van der Waals surface area contributed by atoms with Crippen LogP contribution in [0.1, 0.15) is 45.2 Å². The molecule has 0 saturated heterocycles. The van der Waals surface area contributed by atoms with Gasteiger partial charge < -0.3 is 10.3 Å². The topological polar surface area (TPSA) is 77.1 Å². The van der Waals surface area contributed by atoms with Crippen LogP contribution in [0, 0.1) is 5.41 Å².